The van der Waals surface area contributed by atoms with Crippen LogP contribution in [0, 0.1) is 6.92 Å². The van der Waals surface area contributed by atoms with E-state index in [0.717, 1.165) is 11.3 Å². The maximum absolute atomic E-state index is 12.9. The van der Waals surface area contributed by atoms with Crippen molar-refractivity contribution >= 4 is 57.2 Å². The van der Waals surface area contributed by atoms with Crippen LogP contribution in [0.4, 0.5) is 21.2 Å². The lowest BCUT2D eigenvalue weighted by Crippen LogP contribution is -2.34. The minimum Gasteiger partial charge on any atom is -0.336 e. The second-order valence-corrected chi connectivity index (χ2v) is 8.77. The molecule has 7 nitrogen and oxygen atoms in total. The number of nitrogens with one attached hydrogen (secondary N) is 4. The first-order valence-electron chi connectivity index (χ1n) is 9.89. The molecule has 3 rings (SSSR count). The van der Waals surface area contributed by atoms with Crippen LogP contribution in [0.2, 0.25) is 5.02 Å². The first kappa shape index (κ1) is 23.3. The molecule has 166 valence electrons. The van der Waals surface area contributed by atoms with Crippen LogP contribution in [-0.2, 0) is 0 Å². The zero-order chi connectivity index (χ0) is 23.3. The summed E-state index contributed by atoms with van der Waals surface area (Å²) in [6.07, 6.45) is 0. The molecule has 0 aliphatic rings. The van der Waals surface area contributed by atoms with Gasteiger partial charge in [-0.2, -0.15) is 0 Å². The Hall–Kier alpha value is -3.36. The van der Waals surface area contributed by atoms with Gasteiger partial charge in [-0.05, 0) is 56.7 Å². The molecule has 0 saturated heterocycles. The molecule has 1 heterocycles. The molecular weight excluding hydrogens is 448 g/mol. The largest absolute Gasteiger partial charge is 0.336 e. The number of carbonyl (C=O) groups is 3. The number of hydrogen-bond acceptors (Lipinski definition) is 4. The van der Waals surface area contributed by atoms with Gasteiger partial charge in [-0.3, -0.25) is 9.59 Å². The molecule has 1 aromatic heterocycles. The van der Waals surface area contributed by atoms with Crippen LogP contribution < -0.4 is 21.3 Å². The van der Waals surface area contributed by atoms with Gasteiger partial charge in [-0.25, -0.2) is 4.79 Å². The average Bonchev–Trinajstić information content (AvgIpc) is 3.09. The van der Waals surface area contributed by atoms with Crippen LogP contribution in [-0.4, -0.2) is 23.9 Å². The first-order chi connectivity index (χ1) is 15.2. The summed E-state index contributed by atoms with van der Waals surface area (Å²) in [6, 6.07) is 15.0. The molecule has 4 N–H and O–H groups in total. The Morgan fingerprint density at radius 2 is 1.50 bits per heavy atom. The van der Waals surface area contributed by atoms with Crippen molar-refractivity contribution in [3.05, 3.63) is 75.6 Å². The number of anilines is 3. The summed E-state index contributed by atoms with van der Waals surface area (Å²) in [7, 11) is 0. The third kappa shape index (κ3) is 5.87. The fourth-order valence-electron chi connectivity index (χ4n) is 2.89. The maximum atomic E-state index is 12.9. The van der Waals surface area contributed by atoms with Crippen molar-refractivity contribution in [2.45, 2.75) is 26.8 Å². The van der Waals surface area contributed by atoms with Crippen molar-refractivity contribution in [3.8, 4) is 0 Å². The van der Waals surface area contributed by atoms with Crippen molar-refractivity contribution in [2.75, 3.05) is 16.0 Å². The highest BCUT2D eigenvalue weighted by molar-refractivity contribution is 7.18. The number of amides is 4. The Labute approximate surface area is 195 Å². The van der Waals surface area contributed by atoms with E-state index in [1.165, 1.54) is 0 Å². The van der Waals surface area contributed by atoms with E-state index in [4.69, 9.17) is 11.6 Å². The average molecular weight is 471 g/mol. The molecule has 0 aliphatic heterocycles. The number of thiophene rings is 1. The number of halogens is 1. The minimum absolute atomic E-state index is 0.0232. The van der Waals surface area contributed by atoms with E-state index >= 15 is 0 Å². The van der Waals surface area contributed by atoms with Gasteiger partial charge in [0.05, 0.1) is 31.8 Å². The Kier molecular flexibility index (Phi) is 7.50. The van der Waals surface area contributed by atoms with Crippen LogP contribution in [0.3, 0.4) is 0 Å². The van der Waals surface area contributed by atoms with Crippen molar-refractivity contribution in [3.63, 3.8) is 0 Å². The highest BCUT2D eigenvalue weighted by atomic mass is 35.5. The monoisotopic (exact) mass is 470 g/mol. The van der Waals surface area contributed by atoms with Gasteiger partial charge < -0.3 is 21.3 Å². The van der Waals surface area contributed by atoms with Crippen LogP contribution in [0.5, 0.6) is 0 Å². The molecule has 0 unspecified atom stereocenters. The Morgan fingerprint density at radius 3 is 2.16 bits per heavy atom. The van der Waals surface area contributed by atoms with Crippen molar-refractivity contribution < 1.29 is 14.4 Å². The fourth-order valence-corrected chi connectivity index (χ4v) is 4.08. The maximum Gasteiger partial charge on any atom is 0.319 e. The summed E-state index contributed by atoms with van der Waals surface area (Å²) in [5.74, 6) is -0.696. The number of para-hydroxylation sites is 2. The van der Waals surface area contributed by atoms with E-state index < -0.39 is 0 Å². The Balaban J connectivity index is 1.73. The quantitative estimate of drug-likeness (QED) is 0.369. The molecule has 0 saturated carbocycles. The van der Waals surface area contributed by atoms with Crippen LogP contribution in [0.15, 0.2) is 54.6 Å². The van der Waals surface area contributed by atoms with Crippen LogP contribution in [0.25, 0.3) is 0 Å². The number of hydrogen-bond donors (Lipinski definition) is 4. The summed E-state index contributed by atoms with van der Waals surface area (Å²) in [5, 5.41) is 12.0. The van der Waals surface area contributed by atoms with Crippen molar-refractivity contribution in [1.82, 2.24) is 5.32 Å². The number of urea groups is 1. The predicted molar refractivity (Wildman–Crippen MR) is 130 cm³/mol. The lowest BCUT2D eigenvalue weighted by molar-refractivity contribution is 0.102. The Bertz CT molecular complexity index is 1160. The van der Waals surface area contributed by atoms with E-state index in [0.29, 0.717) is 37.4 Å². The Morgan fingerprint density at radius 1 is 0.875 bits per heavy atom. The van der Waals surface area contributed by atoms with Crippen LogP contribution >= 0.6 is 22.9 Å². The second-order valence-electron chi connectivity index (χ2n) is 7.31. The fraction of sp³-hybridized carbons (Fsp3) is 0.174. The third-order valence-corrected chi connectivity index (χ3v) is 5.80. The molecule has 9 heteroatoms. The summed E-state index contributed by atoms with van der Waals surface area (Å²) in [5.41, 5.74) is 2.00. The molecule has 0 atom stereocenters. The van der Waals surface area contributed by atoms with E-state index in [9.17, 15) is 14.4 Å². The van der Waals surface area contributed by atoms with Gasteiger partial charge >= 0.3 is 6.03 Å². The molecular formula is C23H23ClN4O3S. The number of benzene rings is 2. The second kappa shape index (κ2) is 10.3. The molecule has 32 heavy (non-hydrogen) atoms. The number of carbonyl (C=O) groups excluding carboxylic acids is 3. The van der Waals surface area contributed by atoms with Crippen molar-refractivity contribution in [2.24, 2.45) is 0 Å². The molecule has 2 aromatic carbocycles. The normalized spacial score (nSPS) is 10.5. The van der Waals surface area contributed by atoms with E-state index in [1.54, 1.807) is 61.5 Å². The molecule has 0 aliphatic carbocycles. The van der Waals surface area contributed by atoms with E-state index in [1.807, 2.05) is 13.8 Å². The summed E-state index contributed by atoms with van der Waals surface area (Å²) < 4.78 is 0. The van der Waals surface area contributed by atoms with Crippen LogP contribution in [0.1, 0.15) is 39.4 Å². The minimum atomic E-state index is -0.362. The number of aryl methyl sites for hydroxylation is 1. The van der Waals surface area contributed by atoms with Gasteiger partial charge in [-0.15, -0.1) is 11.3 Å². The molecule has 0 fully saturated rings. The van der Waals surface area contributed by atoms with Gasteiger partial charge in [0.1, 0.15) is 0 Å². The smallest absolute Gasteiger partial charge is 0.319 e. The lowest BCUT2D eigenvalue weighted by Gasteiger charge is -2.14. The summed E-state index contributed by atoms with van der Waals surface area (Å²) >= 11 is 7.24. The standard InChI is InChI=1S/C23H23ClN4O3S/c1-13(2)25-23(31)27-18-11-7-6-10-17(18)26-22(30)20-14(3)12-19(32-20)28-21(29)15-8-4-5-9-16(15)24/h4-13H,1-3H3,(H,26,30)(H,28,29)(H2,25,27,31). The van der Waals surface area contributed by atoms with Crippen molar-refractivity contribution in [1.29, 1.82) is 0 Å². The molecule has 0 radical (unpaired) electrons. The first-order valence-corrected chi connectivity index (χ1v) is 11.1. The third-order valence-electron chi connectivity index (χ3n) is 4.32. The highest BCUT2D eigenvalue weighted by Crippen LogP contribution is 2.30. The number of rotatable bonds is 6. The highest BCUT2D eigenvalue weighted by Gasteiger charge is 2.18. The molecule has 4 amide bonds. The van der Waals surface area contributed by atoms with Gasteiger partial charge in [-0.1, -0.05) is 35.9 Å². The van der Waals surface area contributed by atoms with Gasteiger partial charge in [0.2, 0.25) is 0 Å². The molecule has 0 bridgehead atoms. The van der Waals surface area contributed by atoms with Gasteiger partial charge in [0.25, 0.3) is 11.8 Å². The van der Waals surface area contributed by atoms with Gasteiger partial charge in [0, 0.05) is 6.04 Å². The predicted octanol–water partition coefficient (Wildman–Crippen LogP) is 5.74. The van der Waals surface area contributed by atoms with E-state index in [2.05, 4.69) is 21.3 Å². The van der Waals surface area contributed by atoms with E-state index in [-0.39, 0.29) is 23.9 Å². The SMILES string of the molecule is Cc1cc(NC(=O)c2ccccc2Cl)sc1C(=O)Nc1ccccc1NC(=O)NC(C)C. The molecule has 0 spiro atoms. The zero-order valence-electron chi connectivity index (χ0n) is 17.8. The zero-order valence-corrected chi connectivity index (χ0v) is 19.4. The van der Waals surface area contributed by atoms with Gasteiger partial charge in [0.15, 0.2) is 0 Å². The molecule has 3 aromatic rings. The summed E-state index contributed by atoms with van der Waals surface area (Å²) in [4.78, 5) is 37.9. The topological polar surface area (TPSA) is 99.3 Å². The summed E-state index contributed by atoms with van der Waals surface area (Å²) in [6.45, 7) is 5.50. The lowest BCUT2D eigenvalue weighted by atomic mass is 10.2.